The summed E-state index contributed by atoms with van der Waals surface area (Å²) >= 11 is 1.75. The van der Waals surface area contributed by atoms with E-state index in [9.17, 15) is 0 Å². The minimum atomic E-state index is 0.154. The summed E-state index contributed by atoms with van der Waals surface area (Å²) in [5.74, 6) is 0. The Kier molecular flexibility index (Phi) is 5.07. The zero-order chi connectivity index (χ0) is 17.9. The predicted octanol–water partition coefficient (Wildman–Crippen LogP) is 1.52. The van der Waals surface area contributed by atoms with Crippen molar-refractivity contribution in [3.05, 3.63) is 30.6 Å². The molecule has 1 aromatic carbocycles. The molecule has 7 nitrogen and oxygen atoms in total. The molecule has 1 aliphatic heterocycles. The second-order valence-corrected chi connectivity index (χ2v) is 7.12. The van der Waals surface area contributed by atoms with Gasteiger partial charge in [-0.1, -0.05) is 11.8 Å². The Labute approximate surface area is 156 Å². The molecular formula is C18H22N6OS. The first-order valence-corrected chi connectivity index (χ1v) is 9.56. The maximum atomic E-state index is 8.85. The lowest BCUT2D eigenvalue weighted by molar-refractivity contribution is 0.293. The van der Waals surface area contributed by atoms with Gasteiger partial charge in [-0.15, -0.1) is 0 Å². The molecule has 0 atom stereocenters. The van der Waals surface area contributed by atoms with E-state index < -0.39 is 0 Å². The largest absolute Gasteiger partial charge is 0.395 e. The van der Waals surface area contributed by atoms with Crippen molar-refractivity contribution < 1.29 is 5.11 Å². The number of pyridine rings is 1. The van der Waals surface area contributed by atoms with Crippen LogP contribution in [0.25, 0.3) is 22.2 Å². The van der Waals surface area contributed by atoms with Gasteiger partial charge in [0.2, 0.25) is 0 Å². The summed E-state index contributed by atoms with van der Waals surface area (Å²) in [7, 11) is 0. The number of benzene rings is 1. The zero-order valence-electron chi connectivity index (χ0n) is 14.4. The Balaban J connectivity index is 1.74. The smallest absolute Gasteiger partial charge is 0.104 e. The number of rotatable bonds is 8. The van der Waals surface area contributed by atoms with E-state index in [0.717, 1.165) is 40.9 Å². The van der Waals surface area contributed by atoms with Crippen LogP contribution in [-0.4, -0.2) is 52.7 Å². The topological polar surface area (TPSA) is 101 Å². The highest BCUT2D eigenvalue weighted by Gasteiger charge is 2.25. The van der Waals surface area contributed by atoms with Crippen LogP contribution in [0.3, 0.4) is 0 Å². The van der Waals surface area contributed by atoms with Gasteiger partial charge in [0.05, 0.1) is 18.7 Å². The minimum absolute atomic E-state index is 0.154. The lowest BCUT2D eigenvalue weighted by Crippen LogP contribution is -2.25. The maximum absolute atomic E-state index is 8.85. The first-order chi connectivity index (χ1) is 12.8. The Morgan fingerprint density at radius 2 is 2.12 bits per heavy atom. The van der Waals surface area contributed by atoms with Gasteiger partial charge in [-0.25, -0.2) is 0 Å². The van der Waals surface area contributed by atoms with Gasteiger partial charge in [0.25, 0.3) is 0 Å². The molecule has 0 spiro atoms. The van der Waals surface area contributed by atoms with E-state index in [-0.39, 0.29) is 6.61 Å². The average Bonchev–Trinajstić information content (AvgIpc) is 3.03. The van der Waals surface area contributed by atoms with Crippen LogP contribution in [0.5, 0.6) is 0 Å². The van der Waals surface area contributed by atoms with Crippen molar-refractivity contribution in [1.82, 2.24) is 20.1 Å². The van der Waals surface area contributed by atoms with Crippen LogP contribution in [0, 0.1) is 0 Å². The number of nitrogens with one attached hydrogen (secondary N) is 2. The van der Waals surface area contributed by atoms with Crippen LogP contribution in [0.15, 0.2) is 40.4 Å². The first kappa shape index (κ1) is 17.3. The van der Waals surface area contributed by atoms with E-state index in [2.05, 4.69) is 27.8 Å². The zero-order valence-corrected chi connectivity index (χ0v) is 15.2. The summed E-state index contributed by atoms with van der Waals surface area (Å²) in [6, 6.07) is 6.26. The number of hydrogen-bond donors (Lipinski definition) is 4. The first-order valence-electron chi connectivity index (χ1n) is 8.74. The molecule has 4 rings (SSSR count). The van der Waals surface area contributed by atoms with E-state index >= 15 is 0 Å². The third-order valence-electron chi connectivity index (χ3n) is 4.37. The maximum Gasteiger partial charge on any atom is 0.104 e. The summed E-state index contributed by atoms with van der Waals surface area (Å²) < 4.78 is 1.99. The van der Waals surface area contributed by atoms with Crippen LogP contribution < -0.4 is 16.4 Å². The molecule has 0 saturated heterocycles. The molecular weight excluding hydrogens is 348 g/mol. The number of aliphatic hydroxyl groups excluding tert-OH is 1. The highest BCUT2D eigenvalue weighted by molar-refractivity contribution is 8.00. The monoisotopic (exact) mass is 370 g/mol. The third-order valence-corrected chi connectivity index (χ3v) is 5.57. The number of aromatic nitrogens is 3. The fourth-order valence-corrected chi connectivity index (χ4v) is 4.38. The molecule has 1 aliphatic rings. The number of fused-ring (bicyclic) bond motifs is 2. The van der Waals surface area contributed by atoms with Crippen molar-refractivity contribution in [2.75, 3.05) is 38.1 Å². The summed E-state index contributed by atoms with van der Waals surface area (Å²) in [5.41, 5.74) is 10.0. The van der Waals surface area contributed by atoms with Gasteiger partial charge in [0.15, 0.2) is 0 Å². The number of nitrogens with two attached hydrogens (primary N) is 1. The van der Waals surface area contributed by atoms with Gasteiger partial charge >= 0.3 is 0 Å². The van der Waals surface area contributed by atoms with Crippen molar-refractivity contribution >= 4 is 28.4 Å². The molecule has 136 valence electrons. The Bertz CT molecular complexity index is 925. The molecule has 3 aromatic rings. The van der Waals surface area contributed by atoms with Gasteiger partial charge in [0.1, 0.15) is 5.69 Å². The average molecular weight is 370 g/mol. The van der Waals surface area contributed by atoms with Gasteiger partial charge in [-0.3, -0.25) is 9.67 Å². The molecule has 0 unspecified atom stereocenters. The van der Waals surface area contributed by atoms with Gasteiger partial charge in [-0.05, 0) is 18.2 Å². The van der Waals surface area contributed by atoms with Crippen molar-refractivity contribution in [3.8, 4) is 11.3 Å². The molecule has 0 bridgehead atoms. The van der Waals surface area contributed by atoms with Crippen molar-refractivity contribution in [2.45, 2.75) is 16.3 Å². The standard InChI is InChI=1S/C18H22N6OS/c19-4-9-24-14-2-1-13(22-7-6-20-8-10-25)18-16(14)17(23-24)12-11-21-5-3-15(12)26-18/h1-3,5,11,20,22,25H,4,6-10,19H2. The van der Waals surface area contributed by atoms with Gasteiger partial charge in [0, 0.05) is 65.0 Å². The van der Waals surface area contributed by atoms with Crippen LogP contribution in [0.2, 0.25) is 0 Å². The van der Waals surface area contributed by atoms with Crippen molar-refractivity contribution in [2.24, 2.45) is 5.73 Å². The molecule has 2 aromatic heterocycles. The lowest BCUT2D eigenvalue weighted by Gasteiger charge is -2.18. The normalized spacial score (nSPS) is 12.4. The van der Waals surface area contributed by atoms with Crippen LogP contribution in [-0.2, 0) is 6.54 Å². The summed E-state index contributed by atoms with van der Waals surface area (Å²) in [5, 5.41) is 21.5. The molecule has 0 aliphatic carbocycles. The SMILES string of the molecule is NCCn1nc2c3c(c(NCCNCCO)ccc31)Sc1ccncc1-2. The quantitative estimate of drug-likeness (QED) is 0.349. The van der Waals surface area contributed by atoms with Crippen LogP contribution in [0.4, 0.5) is 5.69 Å². The molecule has 26 heavy (non-hydrogen) atoms. The molecule has 0 fully saturated rings. The molecule has 8 heteroatoms. The Hall–Kier alpha value is -2.13. The number of nitrogens with zero attached hydrogens (tertiary/aromatic N) is 3. The second kappa shape index (κ2) is 7.63. The van der Waals surface area contributed by atoms with Gasteiger partial charge in [-0.2, -0.15) is 5.10 Å². The lowest BCUT2D eigenvalue weighted by atomic mass is 10.1. The van der Waals surface area contributed by atoms with Crippen LogP contribution in [0.1, 0.15) is 0 Å². The fraction of sp³-hybridized carbons (Fsp3) is 0.333. The predicted molar refractivity (Wildman–Crippen MR) is 105 cm³/mol. The minimum Gasteiger partial charge on any atom is -0.395 e. The summed E-state index contributed by atoms with van der Waals surface area (Å²) in [4.78, 5) is 6.64. The second-order valence-electron chi connectivity index (χ2n) is 6.07. The van der Waals surface area contributed by atoms with E-state index in [1.54, 1.807) is 11.8 Å². The molecule has 5 N–H and O–H groups in total. The van der Waals surface area contributed by atoms with E-state index in [1.165, 1.54) is 9.79 Å². The van der Waals surface area contributed by atoms with Crippen molar-refractivity contribution in [3.63, 3.8) is 0 Å². The number of hydrogen-bond acceptors (Lipinski definition) is 7. The fourth-order valence-electron chi connectivity index (χ4n) is 3.22. The van der Waals surface area contributed by atoms with Crippen molar-refractivity contribution in [1.29, 1.82) is 0 Å². The third kappa shape index (κ3) is 3.05. The highest BCUT2D eigenvalue weighted by atomic mass is 32.2. The summed E-state index contributed by atoms with van der Waals surface area (Å²) in [6.07, 6.45) is 3.71. The van der Waals surface area contributed by atoms with E-state index in [1.807, 2.05) is 23.1 Å². The summed E-state index contributed by atoms with van der Waals surface area (Å²) in [6.45, 7) is 3.58. The number of anilines is 1. The highest BCUT2D eigenvalue weighted by Crippen LogP contribution is 2.49. The van der Waals surface area contributed by atoms with Gasteiger partial charge < -0.3 is 21.5 Å². The Morgan fingerprint density at radius 1 is 1.19 bits per heavy atom. The van der Waals surface area contributed by atoms with E-state index in [0.29, 0.717) is 19.6 Å². The van der Waals surface area contributed by atoms with E-state index in [4.69, 9.17) is 15.9 Å². The number of aliphatic hydroxyl groups is 1. The van der Waals surface area contributed by atoms with Crippen LogP contribution >= 0.6 is 11.8 Å². The molecule has 0 saturated carbocycles. The molecule has 0 radical (unpaired) electrons. The molecule has 0 amide bonds. The Morgan fingerprint density at radius 3 is 2.96 bits per heavy atom. The molecule has 3 heterocycles.